The Labute approximate surface area is 188 Å². The first kappa shape index (κ1) is 24.8. The molecule has 0 bridgehead atoms. The third-order valence-corrected chi connectivity index (χ3v) is 5.93. The maximum absolute atomic E-state index is 10.1. The van der Waals surface area contributed by atoms with Crippen molar-refractivity contribution in [2.45, 2.75) is 52.4 Å². The Bertz CT molecular complexity index is 805. The summed E-state index contributed by atoms with van der Waals surface area (Å²) in [7, 11) is 2.15. The maximum atomic E-state index is 10.1. The van der Waals surface area contributed by atoms with Crippen LogP contribution >= 0.6 is 0 Å². The highest BCUT2D eigenvalue weighted by Crippen LogP contribution is 2.36. The molecular formula is C27H38N2O2. The molecule has 0 saturated heterocycles. The molecule has 0 radical (unpaired) electrons. The van der Waals surface area contributed by atoms with Gasteiger partial charge in [0, 0.05) is 12.6 Å². The van der Waals surface area contributed by atoms with Crippen LogP contribution in [-0.4, -0.2) is 38.3 Å². The van der Waals surface area contributed by atoms with E-state index < -0.39 is 5.41 Å². The average molecular weight is 423 g/mol. The zero-order chi connectivity index (χ0) is 22.7. The number of hydrogen-bond donors (Lipinski definition) is 0. The summed E-state index contributed by atoms with van der Waals surface area (Å²) in [5.74, 6) is 2.00. The maximum Gasteiger partial charge on any atom is 0.123 e. The number of nitrogens with zero attached hydrogens (tertiary/aromatic N) is 2. The van der Waals surface area contributed by atoms with Crippen LogP contribution in [0, 0.1) is 17.2 Å². The van der Waals surface area contributed by atoms with Crippen molar-refractivity contribution >= 4 is 0 Å². The highest BCUT2D eigenvalue weighted by atomic mass is 16.5. The summed E-state index contributed by atoms with van der Waals surface area (Å²) in [6.45, 7) is 11.5. The van der Waals surface area contributed by atoms with Gasteiger partial charge in [-0.25, -0.2) is 0 Å². The monoisotopic (exact) mass is 422 g/mol. The van der Waals surface area contributed by atoms with Gasteiger partial charge in [-0.3, -0.25) is 0 Å². The molecule has 0 aliphatic heterocycles. The van der Waals surface area contributed by atoms with Gasteiger partial charge in [-0.2, -0.15) is 5.26 Å². The highest BCUT2D eigenvalue weighted by Gasteiger charge is 2.35. The molecule has 1 atom stereocenters. The van der Waals surface area contributed by atoms with Gasteiger partial charge < -0.3 is 14.4 Å². The molecule has 168 valence electrons. The molecule has 2 aromatic rings. The van der Waals surface area contributed by atoms with Crippen molar-refractivity contribution in [3.8, 4) is 17.6 Å². The predicted octanol–water partition coefficient (Wildman–Crippen LogP) is 5.86. The van der Waals surface area contributed by atoms with E-state index in [9.17, 15) is 5.26 Å². The molecule has 4 heteroatoms. The molecule has 0 aliphatic rings. The van der Waals surface area contributed by atoms with Gasteiger partial charge in [0.25, 0.3) is 0 Å². The van der Waals surface area contributed by atoms with E-state index in [4.69, 9.17) is 9.47 Å². The normalized spacial score (nSPS) is 13.1. The van der Waals surface area contributed by atoms with Crippen molar-refractivity contribution in [2.75, 3.05) is 33.4 Å². The van der Waals surface area contributed by atoms with Crippen molar-refractivity contribution in [1.29, 1.82) is 5.26 Å². The zero-order valence-corrected chi connectivity index (χ0v) is 19.9. The molecular weight excluding hydrogens is 384 g/mol. The van der Waals surface area contributed by atoms with Gasteiger partial charge in [0.1, 0.15) is 11.5 Å². The first-order valence-corrected chi connectivity index (χ1v) is 11.5. The summed E-state index contributed by atoms with van der Waals surface area (Å²) in [6.07, 6.45) is 2.79. The zero-order valence-electron chi connectivity index (χ0n) is 19.9. The Balaban J connectivity index is 1.94. The summed E-state index contributed by atoms with van der Waals surface area (Å²) in [6, 6.07) is 19.1. The molecule has 0 aliphatic carbocycles. The van der Waals surface area contributed by atoms with E-state index in [1.165, 1.54) is 5.56 Å². The lowest BCUT2D eigenvalue weighted by atomic mass is 9.70. The van der Waals surface area contributed by atoms with Crippen LogP contribution in [0.4, 0.5) is 0 Å². The topological polar surface area (TPSA) is 45.5 Å². The fourth-order valence-corrected chi connectivity index (χ4v) is 4.09. The van der Waals surface area contributed by atoms with Gasteiger partial charge in [-0.05, 0) is 75.9 Å². The standard InChI is InChI=1S/C27H38N2O2/c1-6-30-25-18-23(19-26(20-25)31-7-2)14-17-29(5)16-11-15-27(21-28,22(3)4)24-12-9-8-10-13-24/h8-10,12-13,18-20,22H,6-7,11,14-17H2,1-5H3. The number of hydrogen-bond acceptors (Lipinski definition) is 4. The molecule has 0 aromatic heterocycles. The molecule has 0 heterocycles. The Morgan fingerprint density at radius 1 is 0.968 bits per heavy atom. The third-order valence-electron chi connectivity index (χ3n) is 5.93. The van der Waals surface area contributed by atoms with Crippen LogP contribution in [-0.2, 0) is 11.8 Å². The first-order valence-electron chi connectivity index (χ1n) is 11.5. The number of likely N-dealkylation sites (N-methyl/N-ethyl adjacent to an activating group) is 1. The second kappa shape index (κ2) is 12.4. The number of ether oxygens (including phenoxy) is 2. The van der Waals surface area contributed by atoms with Crippen LogP contribution in [0.3, 0.4) is 0 Å². The van der Waals surface area contributed by atoms with E-state index in [-0.39, 0.29) is 5.92 Å². The van der Waals surface area contributed by atoms with Gasteiger partial charge in [0.15, 0.2) is 0 Å². The predicted molar refractivity (Wildman–Crippen MR) is 128 cm³/mol. The van der Waals surface area contributed by atoms with Crippen LogP contribution in [0.25, 0.3) is 0 Å². The summed E-state index contributed by atoms with van der Waals surface area (Å²) >= 11 is 0. The average Bonchev–Trinajstić information content (AvgIpc) is 2.76. The lowest BCUT2D eigenvalue weighted by molar-refractivity contribution is 0.293. The minimum Gasteiger partial charge on any atom is -0.494 e. The fraction of sp³-hybridized carbons (Fsp3) is 0.519. The molecule has 4 nitrogen and oxygen atoms in total. The molecule has 0 fully saturated rings. The lowest BCUT2D eigenvalue weighted by Crippen LogP contribution is -2.32. The summed E-state index contributed by atoms with van der Waals surface area (Å²) in [5, 5.41) is 10.1. The van der Waals surface area contributed by atoms with Crippen molar-refractivity contribution < 1.29 is 9.47 Å². The molecule has 2 aromatic carbocycles. The Kier molecular flexibility index (Phi) is 9.88. The van der Waals surface area contributed by atoms with Crippen LogP contribution < -0.4 is 9.47 Å². The van der Waals surface area contributed by atoms with Gasteiger partial charge in [0.2, 0.25) is 0 Å². The summed E-state index contributed by atoms with van der Waals surface area (Å²) in [5.41, 5.74) is 1.92. The van der Waals surface area contributed by atoms with Gasteiger partial charge >= 0.3 is 0 Å². The van der Waals surface area contributed by atoms with Crippen molar-refractivity contribution in [1.82, 2.24) is 4.90 Å². The number of benzene rings is 2. The Morgan fingerprint density at radius 3 is 2.10 bits per heavy atom. The second-order valence-corrected chi connectivity index (χ2v) is 8.44. The second-order valence-electron chi connectivity index (χ2n) is 8.44. The summed E-state index contributed by atoms with van der Waals surface area (Å²) in [4.78, 5) is 2.35. The van der Waals surface area contributed by atoms with E-state index in [2.05, 4.69) is 56.1 Å². The van der Waals surface area contributed by atoms with Crippen molar-refractivity contribution in [3.05, 3.63) is 59.7 Å². The van der Waals surface area contributed by atoms with E-state index in [0.717, 1.165) is 49.4 Å². The number of rotatable bonds is 13. The molecule has 0 amide bonds. The molecule has 2 rings (SSSR count). The van der Waals surface area contributed by atoms with Crippen molar-refractivity contribution in [2.24, 2.45) is 5.92 Å². The lowest BCUT2D eigenvalue weighted by Gasteiger charge is -2.32. The number of nitriles is 1. The molecule has 0 spiro atoms. The fourth-order valence-electron chi connectivity index (χ4n) is 4.09. The highest BCUT2D eigenvalue weighted by molar-refractivity contribution is 5.38. The SMILES string of the molecule is CCOc1cc(CCN(C)CCCC(C#N)(c2ccccc2)C(C)C)cc(OCC)c1. The van der Waals surface area contributed by atoms with Gasteiger partial charge in [-0.15, -0.1) is 0 Å². The van der Waals surface area contributed by atoms with E-state index in [1.54, 1.807) is 0 Å². The van der Waals surface area contributed by atoms with E-state index in [1.807, 2.05) is 38.1 Å². The Morgan fingerprint density at radius 2 is 1.58 bits per heavy atom. The van der Waals surface area contributed by atoms with Gasteiger partial charge in [0.05, 0.1) is 24.7 Å². The smallest absolute Gasteiger partial charge is 0.123 e. The molecule has 31 heavy (non-hydrogen) atoms. The van der Waals surface area contributed by atoms with Crippen molar-refractivity contribution in [3.63, 3.8) is 0 Å². The Hall–Kier alpha value is -2.51. The van der Waals surface area contributed by atoms with Crippen LogP contribution in [0.15, 0.2) is 48.5 Å². The molecule has 0 N–H and O–H groups in total. The quantitative estimate of drug-likeness (QED) is 0.406. The first-order chi connectivity index (χ1) is 14.9. The molecule has 1 unspecified atom stereocenters. The minimum absolute atomic E-state index is 0.267. The largest absolute Gasteiger partial charge is 0.494 e. The van der Waals surface area contributed by atoms with Gasteiger partial charge in [-0.1, -0.05) is 44.2 Å². The van der Waals surface area contributed by atoms with Crippen LogP contribution in [0.5, 0.6) is 11.5 Å². The van der Waals surface area contributed by atoms with Crippen LogP contribution in [0.1, 0.15) is 51.7 Å². The van der Waals surface area contributed by atoms with E-state index >= 15 is 0 Å². The molecule has 0 saturated carbocycles. The summed E-state index contributed by atoms with van der Waals surface area (Å²) < 4.78 is 11.4. The third kappa shape index (κ3) is 7.01. The van der Waals surface area contributed by atoms with E-state index in [0.29, 0.717) is 13.2 Å². The minimum atomic E-state index is -0.430. The van der Waals surface area contributed by atoms with Crippen LogP contribution in [0.2, 0.25) is 0 Å².